The second-order valence-corrected chi connectivity index (χ2v) is 1.54. The van der Waals surface area contributed by atoms with Crippen LogP contribution in [0, 0.1) is 0 Å². The van der Waals surface area contributed by atoms with Crippen molar-refractivity contribution < 1.29 is 14.4 Å². The van der Waals surface area contributed by atoms with Crippen LogP contribution in [-0.2, 0) is 4.84 Å². The summed E-state index contributed by atoms with van der Waals surface area (Å²) < 4.78 is 11.1. The number of hydrogen-bond acceptors (Lipinski definition) is 4. The van der Waals surface area contributed by atoms with Gasteiger partial charge in [0.25, 0.3) is 0 Å². The number of aliphatic hydroxyl groups excluding tert-OH is 1. The van der Waals surface area contributed by atoms with E-state index in [1.807, 2.05) is 0 Å². The number of halogens is 1. The van der Waals surface area contributed by atoms with Crippen LogP contribution in [0.5, 0.6) is 0 Å². The average molecular weight is 150 g/mol. The number of nitrogens with one attached hydrogen (secondary N) is 1. The van der Waals surface area contributed by atoms with E-state index in [0.29, 0.717) is 13.0 Å². The van der Waals surface area contributed by atoms with Gasteiger partial charge in [-0.15, -0.1) is 4.48 Å². The number of hydrogen-bond donors (Lipinski definition) is 2. The lowest BCUT2D eigenvalue weighted by Crippen LogP contribution is -2.03. The van der Waals surface area contributed by atoms with Crippen LogP contribution >= 0.6 is 0 Å². The van der Waals surface area contributed by atoms with Gasteiger partial charge >= 0.3 is 0 Å². The summed E-state index contributed by atoms with van der Waals surface area (Å²) in [4.78, 5) is 4.58. The van der Waals surface area contributed by atoms with E-state index in [9.17, 15) is 4.48 Å². The van der Waals surface area contributed by atoms with Gasteiger partial charge in [-0.1, -0.05) is 5.16 Å². The van der Waals surface area contributed by atoms with Crippen LogP contribution in [0.1, 0.15) is 6.42 Å². The van der Waals surface area contributed by atoms with Gasteiger partial charge in [0.1, 0.15) is 6.61 Å². The Labute approximate surface area is 58.6 Å². The summed E-state index contributed by atoms with van der Waals surface area (Å²) in [6.07, 6.45) is 1.80. The fourth-order valence-electron chi connectivity index (χ4n) is 0.306. The first-order chi connectivity index (χ1) is 4.91. The van der Waals surface area contributed by atoms with Crippen LogP contribution in [0.4, 0.5) is 4.48 Å². The molecule has 0 radical (unpaired) electrons. The summed E-state index contributed by atoms with van der Waals surface area (Å²) in [6, 6.07) is 0. The van der Waals surface area contributed by atoms with E-state index in [2.05, 4.69) is 9.99 Å². The van der Waals surface area contributed by atoms with Crippen LogP contribution in [-0.4, -0.2) is 31.1 Å². The smallest absolute Gasteiger partial charge is 0.119 e. The Bertz CT molecular complexity index is 89.7. The maximum absolute atomic E-state index is 11.1. The number of nitrogens with zero attached hydrogens (tertiary/aromatic N) is 1. The second kappa shape index (κ2) is 8.32. The first-order valence-electron chi connectivity index (χ1n) is 3.00. The molecule has 0 amide bonds. The van der Waals surface area contributed by atoms with Crippen molar-refractivity contribution in [1.29, 1.82) is 0 Å². The van der Waals surface area contributed by atoms with Crippen molar-refractivity contribution in [3.63, 3.8) is 0 Å². The summed E-state index contributed by atoms with van der Waals surface area (Å²) in [6.45, 7) is 0.481. The Morgan fingerprint density at radius 2 is 2.50 bits per heavy atom. The largest absolute Gasteiger partial charge is 0.396 e. The van der Waals surface area contributed by atoms with Crippen molar-refractivity contribution in [3.8, 4) is 0 Å². The Morgan fingerprint density at radius 3 is 3.10 bits per heavy atom. The highest BCUT2D eigenvalue weighted by molar-refractivity contribution is 5.58. The van der Waals surface area contributed by atoms with Gasteiger partial charge in [-0.25, -0.2) is 0 Å². The second-order valence-electron chi connectivity index (χ2n) is 1.54. The average Bonchev–Trinajstić information content (AvgIpc) is 1.97. The summed E-state index contributed by atoms with van der Waals surface area (Å²) in [7, 11) is 0. The molecule has 0 atom stereocenters. The van der Waals surface area contributed by atoms with E-state index in [0.717, 1.165) is 0 Å². The molecule has 0 bridgehead atoms. The lowest BCUT2D eigenvalue weighted by Gasteiger charge is -1.93. The summed E-state index contributed by atoms with van der Waals surface area (Å²) >= 11 is 0. The molecule has 0 unspecified atom stereocenters. The molecule has 0 aliphatic rings. The first-order valence-corrected chi connectivity index (χ1v) is 3.00. The van der Waals surface area contributed by atoms with E-state index in [-0.39, 0.29) is 13.2 Å². The molecule has 4 nitrogen and oxygen atoms in total. The van der Waals surface area contributed by atoms with E-state index in [1.165, 1.54) is 11.8 Å². The molecule has 0 aromatic rings. The summed E-state index contributed by atoms with van der Waals surface area (Å²) in [5, 5.41) is 11.6. The third-order valence-corrected chi connectivity index (χ3v) is 0.711. The summed E-state index contributed by atoms with van der Waals surface area (Å²) in [5.74, 6) is 0. The highest BCUT2D eigenvalue weighted by atomic mass is 19.2. The lowest BCUT2D eigenvalue weighted by molar-refractivity contribution is 0.124. The van der Waals surface area contributed by atoms with Crippen molar-refractivity contribution >= 4 is 6.21 Å². The predicted molar refractivity (Wildman–Crippen MR) is 35.3 cm³/mol. The van der Waals surface area contributed by atoms with E-state index >= 15 is 0 Å². The molecule has 0 rings (SSSR count). The van der Waals surface area contributed by atoms with Gasteiger partial charge in [-0.2, -0.15) is 5.54 Å². The molecule has 0 saturated heterocycles. The van der Waals surface area contributed by atoms with Gasteiger partial charge in [0, 0.05) is 13.0 Å². The predicted octanol–water partition coefficient (Wildman–Crippen LogP) is -0.155. The van der Waals surface area contributed by atoms with Gasteiger partial charge in [0.05, 0.1) is 12.8 Å². The summed E-state index contributed by atoms with van der Waals surface area (Å²) in [5.41, 5.74) is 1.38. The molecule has 0 saturated carbocycles. The Hall–Kier alpha value is -0.680. The van der Waals surface area contributed by atoms with Crippen LogP contribution in [0.3, 0.4) is 0 Å². The highest BCUT2D eigenvalue weighted by Gasteiger charge is 1.81. The van der Waals surface area contributed by atoms with Crippen LogP contribution in [0.2, 0.25) is 0 Å². The minimum Gasteiger partial charge on any atom is -0.396 e. The Balaban J connectivity index is 2.88. The molecule has 0 aliphatic heterocycles. The molecule has 0 heterocycles. The first kappa shape index (κ1) is 9.32. The van der Waals surface area contributed by atoms with E-state index < -0.39 is 0 Å². The minimum absolute atomic E-state index is 0.0408. The van der Waals surface area contributed by atoms with E-state index in [4.69, 9.17) is 5.11 Å². The number of rotatable bonds is 6. The normalized spacial score (nSPS) is 10.6. The third kappa shape index (κ3) is 7.32. The molecule has 0 aromatic heterocycles. The standard InChI is InChI=1S/C5H11FN2O2/c6-7-2-3-8-10-5-1-4-9/h3,7,9H,1-2,4-5H2/b8-3-. The fraction of sp³-hybridized carbons (Fsp3) is 0.800. The van der Waals surface area contributed by atoms with Crippen molar-refractivity contribution in [2.75, 3.05) is 19.8 Å². The minimum atomic E-state index is 0.0408. The highest BCUT2D eigenvalue weighted by Crippen LogP contribution is 1.79. The van der Waals surface area contributed by atoms with Crippen LogP contribution in [0.15, 0.2) is 5.16 Å². The zero-order valence-corrected chi connectivity index (χ0v) is 5.59. The number of oxime groups is 1. The SMILES string of the molecule is OCCCO/N=C\CNF. The molecular formula is C5H11FN2O2. The van der Waals surface area contributed by atoms with Crippen LogP contribution in [0.25, 0.3) is 0 Å². The maximum Gasteiger partial charge on any atom is 0.119 e. The van der Waals surface area contributed by atoms with Gasteiger partial charge in [-0.05, 0) is 0 Å². The van der Waals surface area contributed by atoms with Gasteiger partial charge in [0.2, 0.25) is 0 Å². The fourth-order valence-corrected chi connectivity index (χ4v) is 0.306. The lowest BCUT2D eigenvalue weighted by atomic mass is 10.5. The van der Waals surface area contributed by atoms with Crippen molar-refractivity contribution in [1.82, 2.24) is 5.54 Å². The van der Waals surface area contributed by atoms with Crippen molar-refractivity contribution in [2.24, 2.45) is 5.16 Å². The quantitative estimate of drug-likeness (QED) is 0.239. The molecule has 0 aliphatic carbocycles. The van der Waals surface area contributed by atoms with Crippen molar-refractivity contribution in [3.05, 3.63) is 0 Å². The molecule has 60 valence electrons. The molecule has 0 aromatic carbocycles. The molecule has 2 N–H and O–H groups in total. The molecule has 0 fully saturated rings. The molecule has 10 heavy (non-hydrogen) atoms. The van der Waals surface area contributed by atoms with E-state index in [1.54, 1.807) is 0 Å². The molecular weight excluding hydrogens is 139 g/mol. The maximum atomic E-state index is 11.1. The molecule has 0 spiro atoms. The van der Waals surface area contributed by atoms with Crippen LogP contribution < -0.4 is 5.54 Å². The molecule has 5 heteroatoms. The monoisotopic (exact) mass is 150 g/mol. The van der Waals surface area contributed by atoms with Crippen molar-refractivity contribution in [2.45, 2.75) is 6.42 Å². The van der Waals surface area contributed by atoms with Gasteiger partial charge in [-0.3, -0.25) is 0 Å². The zero-order chi connectivity index (χ0) is 7.66. The zero-order valence-electron chi connectivity index (χ0n) is 5.59. The topological polar surface area (TPSA) is 53.9 Å². The third-order valence-electron chi connectivity index (χ3n) is 0.711. The number of aliphatic hydroxyl groups is 1. The van der Waals surface area contributed by atoms with Gasteiger partial charge < -0.3 is 9.94 Å². The van der Waals surface area contributed by atoms with Gasteiger partial charge in [0.15, 0.2) is 0 Å². The Morgan fingerprint density at radius 1 is 1.70 bits per heavy atom. The Kier molecular flexibility index (Phi) is 7.75.